The first kappa shape index (κ1) is 33.3. The van der Waals surface area contributed by atoms with Crippen LogP contribution in [0.15, 0.2) is 158 Å². The SMILES string of the molecule is [Rh+2].c1ccc2c(c1)-c1nc-2nc2[n-]c(nc3nc(nc4[n-]c(n1)c1ccccc41)-c1ccccc1-3)c1ccccc21.c1ccncc1.c1ccncc1. The van der Waals surface area contributed by atoms with Gasteiger partial charge in [0.05, 0.1) is 23.3 Å². The molecule has 53 heavy (non-hydrogen) atoms. The van der Waals surface area contributed by atoms with E-state index < -0.39 is 0 Å². The number of benzene rings is 4. The van der Waals surface area contributed by atoms with Crippen molar-refractivity contribution in [1.29, 1.82) is 0 Å². The first-order valence-corrected chi connectivity index (χ1v) is 16.6. The molecule has 253 valence electrons. The second kappa shape index (κ2) is 14.8. The molecule has 7 heterocycles. The summed E-state index contributed by atoms with van der Waals surface area (Å²) in [6, 6.07) is 43.3. The van der Waals surface area contributed by atoms with Gasteiger partial charge in [0.25, 0.3) is 0 Å². The minimum Gasteiger partial charge on any atom is -0.357 e. The number of hydrogen-bond donors (Lipinski definition) is 0. The first-order valence-electron chi connectivity index (χ1n) is 16.6. The van der Waals surface area contributed by atoms with Gasteiger partial charge in [-0.15, -0.1) is 0 Å². The summed E-state index contributed by atoms with van der Waals surface area (Å²) < 4.78 is 0. The summed E-state index contributed by atoms with van der Waals surface area (Å²) in [5, 5.41) is 3.57. The zero-order valence-electron chi connectivity index (χ0n) is 27.8. The summed E-state index contributed by atoms with van der Waals surface area (Å²) in [6.45, 7) is 0. The molecule has 2 aliphatic rings. The molecule has 0 fully saturated rings. The largest absolute Gasteiger partial charge is 2.00 e. The zero-order valence-corrected chi connectivity index (χ0v) is 29.5. The number of nitrogens with zero attached hydrogens (tertiary/aromatic N) is 10. The van der Waals surface area contributed by atoms with Crippen LogP contribution in [0.1, 0.15) is 0 Å². The van der Waals surface area contributed by atoms with Crippen molar-refractivity contribution < 1.29 is 19.5 Å². The van der Waals surface area contributed by atoms with E-state index in [-0.39, 0.29) is 19.5 Å². The van der Waals surface area contributed by atoms with Gasteiger partial charge in [-0.05, 0) is 45.8 Å². The number of fused-ring (bicyclic) bond motifs is 20. The Morgan fingerprint density at radius 1 is 0.283 bits per heavy atom. The fourth-order valence-corrected chi connectivity index (χ4v) is 6.08. The Hall–Kier alpha value is -6.84. The van der Waals surface area contributed by atoms with Crippen molar-refractivity contribution >= 4 is 44.1 Å². The van der Waals surface area contributed by atoms with Crippen LogP contribution in [0.25, 0.3) is 89.7 Å². The second-order valence-electron chi connectivity index (χ2n) is 11.7. The normalized spacial score (nSPS) is 10.9. The van der Waals surface area contributed by atoms with Gasteiger partial charge in [-0.2, -0.15) is 0 Å². The Morgan fingerprint density at radius 2 is 0.547 bits per heavy atom. The van der Waals surface area contributed by atoms with E-state index in [2.05, 4.69) is 9.97 Å². The molecule has 9 aromatic rings. The molecule has 0 saturated heterocycles. The predicted octanol–water partition coefficient (Wildman–Crippen LogP) is 8.29. The van der Waals surface area contributed by atoms with E-state index in [4.69, 9.17) is 39.9 Å². The fraction of sp³-hybridized carbons (Fsp3) is 0. The Bertz CT molecular complexity index is 2470. The quantitative estimate of drug-likeness (QED) is 0.139. The van der Waals surface area contributed by atoms with Crippen LogP contribution in [-0.4, -0.2) is 39.9 Å². The Labute approximate surface area is 316 Å². The van der Waals surface area contributed by atoms with Crippen LogP contribution in [0, 0.1) is 0 Å². The molecule has 8 bridgehead atoms. The summed E-state index contributed by atoms with van der Waals surface area (Å²) in [6.07, 6.45) is 7.00. The molecule has 0 amide bonds. The second-order valence-corrected chi connectivity index (χ2v) is 11.7. The number of aromatic nitrogens is 10. The third kappa shape index (κ3) is 6.57. The number of rotatable bonds is 0. The van der Waals surface area contributed by atoms with E-state index in [0.717, 1.165) is 43.8 Å². The first-order chi connectivity index (χ1) is 25.8. The molecular weight excluding hydrogens is 747 g/mol. The van der Waals surface area contributed by atoms with Gasteiger partial charge >= 0.3 is 19.5 Å². The average molecular weight is 774 g/mol. The molecule has 11 rings (SSSR count). The predicted molar refractivity (Wildman–Crippen MR) is 202 cm³/mol. The summed E-state index contributed by atoms with van der Waals surface area (Å²) in [7, 11) is 0. The van der Waals surface area contributed by atoms with Gasteiger partial charge in [0, 0.05) is 69.6 Å². The molecule has 1 radical (unpaired) electrons. The molecule has 0 spiro atoms. The third-order valence-corrected chi connectivity index (χ3v) is 8.46. The van der Waals surface area contributed by atoms with E-state index in [1.165, 1.54) is 0 Å². The van der Waals surface area contributed by atoms with E-state index in [1.54, 1.807) is 24.8 Å². The van der Waals surface area contributed by atoms with Crippen molar-refractivity contribution in [2.75, 3.05) is 0 Å². The Kier molecular flexibility index (Phi) is 9.30. The van der Waals surface area contributed by atoms with Gasteiger partial charge in [-0.1, -0.05) is 109 Å². The van der Waals surface area contributed by atoms with Gasteiger partial charge < -0.3 is 29.9 Å². The van der Waals surface area contributed by atoms with Crippen molar-refractivity contribution in [3.63, 3.8) is 0 Å². The summed E-state index contributed by atoms with van der Waals surface area (Å²) >= 11 is 0. The Balaban J connectivity index is 0.000000263. The summed E-state index contributed by atoms with van der Waals surface area (Å²) in [5.74, 6) is 2.21. The van der Waals surface area contributed by atoms with Crippen LogP contribution in [0.5, 0.6) is 0 Å². The van der Waals surface area contributed by atoms with Crippen molar-refractivity contribution in [2.24, 2.45) is 0 Å². The van der Waals surface area contributed by atoms with Crippen LogP contribution in [0.2, 0.25) is 0 Å². The van der Waals surface area contributed by atoms with Crippen LogP contribution < -0.4 is 9.97 Å². The molecule has 4 aromatic carbocycles. The number of hydrogen-bond acceptors (Lipinski definition) is 8. The van der Waals surface area contributed by atoms with E-state index in [0.29, 0.717) is 45.9 Å². The molecule has 0 aliphatic carbocycles. The molecule has 0 N–H and O–H groups in total. The maximum absolute atomic E-state index is 4.95. The van der Waals surface area contributed by atoms with E-state index in [1.807, 2.05) is 133 Å². The van der Waals surface area contributed by atoms with Crippen LogP contribution in [0.3, 0.4) is 0 Å². The molecule has 11 heteroatoms. The third-order valence-electron chi connectivity index (χ3n) is 8.46. The van der Waals surface area contributed by atoms with Crippen LogP contribution in [-0.2, 0) is 19.5 Å². The van der Waals surface area contributed by atoms with Gasteiger partial charge in [0.15, 0.2) is 0 Å². The average Bonchev–Trinajstić information content (AvgIpc) is 3.96. The van der Waals surface area contributed by atoms with E-state index in [9.17, 15) is 0 Å². The van der Waals surface area contributed by atoms with E-state index >= 15 is 0 Å². The van der Waals surface area contributed by atoms with Crippen molar-refractivity contribution in [3.05, 3.63) is 158 Å². The molecular formula is C42H26N10Rh. The van der Waals surface area contributed by atoms with Crippen molar-refractivity contribution in [2.45, 2.75) is 0 Å². The maximum Gasteiger partial charge on any atom is 2.00 e. The van der Waals surface area contributed by atoms with Gasteiger partial charge in [0.1, 0.15) is 0 Å². The standard InChI is InChI=1S/C32H16N8.2C5H5N.Rh/c1-2-10-18-17(9-1)25-33-26(18)38-28-21-13-5-6-14-22(21)30(35-28)40-32-24-16-8-7-15-23(24)31(36-32)39-29-20-12-4-3-11-19(20)27(34-29)37-25;2*1-2-4-6-5-3-1;/h1-16H;2*1-5H;/q-2;;;+2. The summed E-state index contributed by atoms with van der Waals surface area (Å²) in [5.41, 5.74) is 5.78. The monoisotopic (exact) mass is 773 g/mol. The molecule has 5 aromatic heterocycles. The zero-order chi connectivity index (χ0) is 34.7. The van der Waals surface area contributed by atoms with Crippen LogP contribution >= 0.6 is 0 Å². The molecule has 10 nitrogen and oxygen atoms in total. The maximum atomic E-state index is 4.95. The topological polar surface area (TPSA) is 131 Å². The molecule has 0 unspecified atom stereocenters. The molecule has 2 aliphatic heterocycles. The minimum atomic E-state index is 0. The fourth-order valence-electron chi connectivity index (χ4n) is 6.08. The minimum absolute atomic E-state index is 0. The van der Waals surface area contributed by atoms with Crippen LogP contribution in [0.4, 0.5) is 0 Å². The smallest absolute Gasteiger partial charge is 0.357 e. The van der Waals surface area contributed by atoms with Crippen molar-refractivity contribution in [1.82, 2.24) is 49.8 Å². The molecule has 0 atom stereocenters. The molecule has 0 saturated carbocycles. The number of pyridine rings is 2. The van der Waals surface area contributed by atoms with Gasteiger partial charge in [-0.25, -0.2) is 9.97 Å². The van der Waals surface area contributed by atoms with Crippen molar-refractivity contribution in [3.8, 4) is 45.6 Å². The Morgan fingerprint density at radius 3 is 0.774 bits per heavy atom. The van der Waals surface area contributed by atoms with Gasteiger partial charge in [-0.3, -0.25) is 9.97 Å². The van der Waals surface area contributed by atoms with Gasteiger partial charge in [0.2, 0.25) is 0 Å². The summed E-state index contributed by atoms with van der Waals surface area (Å²) in [4.78, 5) is 46.8.